The highest BCUT2D eigenvalue weighted by atomic mass is 79.9. The van der Waals surface area contributed by atoms with Crippen LogP contribution in [0.25, 0.3) is 0 Å². The Hall–Kier alpha value is -0.390. The molecule has 1 saturated carbocycles. The Labute approximate surface area is 136 Å². The Morgan fingerprint density at radius 2 is 1.81 bits per heavy atom. The van der Waals surface area contributed by atoms with Gasteiger partial charge >= 0.3 is 0 Å². The van der Waals surface area contributed by atoms with Crippen LogP contribution in [0.1, 0.15) is 48.4 Å². The average molecular weight is 374 g/mol. The van der Waals surface area contributed by atoms with Crippen LogP contribution in [0.4, 0.5) is 0 Å². The summed E-state index contributed by atoms with van der Waals surface area (Å²) in [6, 6.07) is 4.15. The van der Waals surface area contributed by atoms with Gasteiger partial charge in [-0.25, -0.2) is 8.42 Å². The van der Waals surface area contributed by atoms with Crippen LogP contribution in [0.3, 0.4) is 0 Å². The molecule has 21 heavy (non-hydrogen) atoms. The maximum atomic E-state index is 11.8. The van der Waals surface area contributed by atoms with E-state index >= 15 is 0 Å². The van der Waals surface area contributed by atoms with Gasteiger partial charge < -0.3 is 5.73 Å². The van der Waals surface area contributed by atoms with E-state index in [0.717, 1.165) is 29.3 Å². The first-order chi connectivity index (χ1) is 9.70. The maximum absolute atomic E-state index is 11.8. The molecule has 1 aliphatic carbocycles. The van der Waals surface area contributed by atoms with Gasteiger partial charge in [0.2, 0.25) is 0 Å². The molecule has 3 nitrogen and oxygen atoms in total. The molecule has 0 radical (unpaired) electrons. The summed E-state index contributed by atoms with van der Waals surface area (Å²) in [7, 11) is -2.96. The van der Waals surface area contributed by atoms with Gasteiger partial charge in [-0.3, -0.25) is 0 Å². The molecule has 0 heterocycles. The number of nitrogens with two attached hydrogens (primary N) is 1. The van der Waals surface area contributed by atoms with Gasteiger partial charge in [0, 0.05) is 16.8 Å². The van der Waals surface area contributed by atoms with Crippen molar-refractivity contribution in [2.75, 3.05) is 6.26 Å². The largest absolute Gasteiger partial charge is 0.324 e. The first-order valence-electron chi connectivity index (χ1n) is 7.41. The van der Waals surface area contributed by atoms with Crippen molar-refractivity contribution in [3.63, 3.8) is 0 Å². The third kappa shape index (κ3) is 3.88. The van der Waals surface area contributed by atoms with Gasteiger partial charge in [0.25, 0.3) is 0 Å². The summed E-state index contributed by atoms with van der Waals surface area (Å²) in [5, 5.41) is -0.222. The molecule has 118 valence electrons. The Morgan fingerprint density at radius 3 is 2.33 bits per heavy atom. The smallest absolute Gasteiger partial charge is 0.150 e. The van der Waals surface area contributed by atoms with Crippen LogP contribution >= 0.6 is 15.9 Å². The van der Waals surface area contributed by atoms with Gasteiger partial charge in [0.1, 0.15) is 9.84 Å². The van der Waals surface area contributed by atoms with Gasteiger partial charge in [-0.2, -0.15) is 0 Å². The van der Waals surface area contributed by atoms with E-state index in [4.69, 9.17) is 5.73 Å². The number of rotatable bonds is 3. The van der Waals surface area contributed by atoms with E-state index in [1.165, 1.54) is 17.4 Å². The lowest BCUT2D eigenvalue weighted by Gasteiger charge is -2.32. The van der Waals surface area contributed by atoms with E-state index in [0.29, 0.717) is 6.42 Å². The first-order valence-corrected chi connectivity index (χ1v) is 10.2. The van der Waals surface area contributed by atoms with E-state index in [-0.39, 0.29) is 17.2 Å². The van der Waals surface area contributed by atoms with E-state index in [9.17, 15) is 8.42 Å². The van der Waals surface area contributed by atoms with E-state index in [1.807, 2.05) is 0 Å². The molecular weight excluding hydrogens is 350 g/mol. The minimum Gasteiger partial charge on any atom is -0.324 e. The molecule has 5 heteroatoms. The van der Waals surface area contributed by atoms with E-state index in [2.05, 4.69) is 41.9 Å². The second kappa shape index (κ2) is 6.39. The molecule has 2 N–H and O–H groups in total. The summed E-state index contributed by atoms with van der Waals surface area (Å²) in [5.74, 6) is 0.249. The second-order valence-corrected chi connectivity index (χ2v) is 9.49. The van der Waals surface area contributed by atoms with Crippen LogP contribution < -0.4 is 5.73 Å². The molecule has 1 aromatic rings. The molecular formula is C16H24BrNO2S. The molecule has 0 spiro atoms. The number of aryl methyl sites for hydroxylation is 2. The number of halogens is 1. The van der Waals surface area contributed by atoms with Gasteiger partial charge in [0.05, 0.1) is 5.25 Å². The van der Waals surface area contributed by atoms with E-state index in [1.54, 1.807) is 0 Å². The lowest BCUT2D eigenvalue weighted by Crippen LogP contribution is -2.33. The van der Waals surface area contributed by atoms with Crippen molar-refractivity contribution in [2.24, 2.45) is 11.7 Å². The van der Waals surface area contributed by atoms with Crippen LogP contribution in [-0.2, 0) is 9.84 Å². The first kappa shape index (κ1) is 17.0. The number of hydrogen-bond donors (Lipinski definition) is 1. The highest BCUT2D eigenvalue weighted by molar-refractivity contribution is 9.10. The topological polar surface area (TPSA) is 60.2 Å². The SMILES string of the molecule is Cc1cc(C(N)C2CCCC(S(C)(=O)=O)C2)cc(C)c1Br. The van der Waals surface area contributed by atoms with Crippen molar-refractivity contribution in [3.8, 4) is 0 Å². The molecule has 0 amide bonds. The van der Waals surface area contributed by atoms with Crippen molar-refractivity contribution in [1.29, 1.82) is 0 Å². The summed E-state index contributed by atoms with van der Waals surface area (Å²) in [6.45, 7) is 4.13. The fourth-order valence-electron chi connectivity index (χ4n) is 3.34. The van der Waals surface area contributed by atoms with Crippen molar-refractivity contribution in [3.05, 3.63) is 33.3 Å². The molecule has 0 saturated heterocycles. The van der Waals surface area contributed by atoms with Crippen LogP contribution in [0, 0.1) is 19.8 Å². The average Bonchev–Trinajstić information content (AvgIpc) is 2.42. The van der Waals surface area contributed by atoms with Gasteiger partial charge in [-0.05, 0) is 55.7 Å². The van der Waals surface area contributed by atoms with Crippen LogP contribution in [-0.4, -0.2) is 19.9 Å². The van der Waals surface area contributed by atoms with Crippen molar-refractivity contribution < 1.29 is 8.42 Å². The highest BCUT2D eigenvalue weighted by Gasteiger charge is 2.32. The zero-order valence-corrected chi connectivity index (χ0v) is 15.3. The molecule has 1 aromatic carbocycles. The standard InChI is InChI=1S/C16H24BrNO2S/c1-10-7-13(8-11(2)15(10)17)16(18)12-5-4-6-14(9-12)21(3,19)20/h7-8,12,14,16H,4-6,9,18H2,1-3H3. The minimum absolute atomic E-state index is 0.0833. The van der Waals surface area contributed by atoms with Crippen molar-refractivity contribution >= 4 is 25.8 Å². The predicted molar refractivity (Wildman–Crippen MR) is 91.1 cm³/mol. The summed E-state index contributed by atoms with van der Waals surface area (Å²) in [5.41, 5.74) is 9.92. The summed E-state index contributed by atoms with van der Waals surface area (Å²) >= 11 is 3.57. The molecule has 3 atom stereocenters. The maximum Gasteiger partial charge on any atom is 0.150 e. The number of benzene rings is 1. The monoisotopic (exact) mass is 373 g/mol. The minimum atomic E-state index is -2.96. The van der Waals surface area contributed by atoms with Gasteiger partial charge in [0.15, 0.2) is 0 Å². The second-order valence-electron chi connectivity index (χ2n) is 6.37. The van der Waals surface area contributed by atoms with Gasteiger partial charge in [-0.15, -0.1) is 0 Å². The summed E-state index contributed by atoms with van der Waals surface area (Å²) in [6.07, 6.45) is 4.78. The highest BCUT2D eigenvalue weighted by Crippen LogP contribution is 2.37. The molecule has 0 aromatic heterocycles. The Bertz CT molecular complexity index is 604. The summed E-state index contributed by atoms with van der Waals surface area (Å²) in [4.78, 5) is 0. The van der Waals surface area contributed by atoms with Crippen LogP contribution in [0.15, 0.2) is 16.6 Å². The van der Waals surface area contributed by atoms with Crippen molar-refractivity contribution in [2.45, 2.75) is 50.8 Å². The third-order valence-corrected chi connectivity index (χ3v) is 7.51. The summed E-state index contributed by atoms with van der Waals surface area (Å²) < 4.78 is 24.7. The zero-order valence-electron chi connectivity index (χ0n) is 12.9. The molecule has 1 aliphatic rings. The molecule has 0 bridgehead atoms. The Morgan fingerprint density at radius 1 is 1.24 bits per heavy atom. The molecule has 2 rings (SSSR count). The number of hydrogen-bond acceptors (Lipinski definition) is 3. The lowest BCUT2D eigenvalue weighted by molar-refractivity contribution is 0.308. The quantitative estimate of drug-likeness (QED) is 0.878. The van der Waals surface area contributed by atoms with Crippen LogP contribution in [0.2, 0.25) is 0 Å². The zero-order chi connectivity index (χ0) is 15.8. The lowest BCUT2D eigenvalue weighted by atomic mass is 9.81. The molecule has 1 fully saturated rings. The van der Waals surface area contributed by atoms with E-state index < -0.39 is 9.84 Å². The van der Waals surface area contributed by atoms with Crippen LogP contribution in [0.5, 0.6) is 0 Å². The number of sulfone groups is 1. The fourth-order valence-corrected chi connectivity index (χ4v) is 4.76. The van der Waals surface area contributed by atoms with Gasteiger partial charge in [-0.1, -0.05) is 34.5 Å². The molecule has 3 unspecified atom stereocenters. The normalized spacial score (nSPS) is 24.8. The Balaban J connectivity index is 2.22. The van der Waals surface area contributed by atoms with Crippen molar-refractivity contribution in [1.82, 2.24) is 0 Å². The fraction of sp³-hybridized carbons (Fsp3) is 0.625. The third-order valence-electron chi connectivity index (χ3n) is 4.62. The predicted octanol–water partition coefficient (Wildman–Crippen LogP) is 3.67. The molecule has 0 aliphatic heterocycles. The Kier molecular flexibility index (Phi) is 5.16.